The van der Waals surface area contributed by atoms with Crippen molar-refractivity contribution in [1.29, 1.82) is 0 Å². The van der Waals surface area contributed by atoms with Crippen molar-refractivity contribution in [2.45, 2.75) is 103 Å². The predicted octanol–water partition coefficient (Wildman–Crippen LogP) is 0.246. The van der Waals surface area contributed by atoms with Crippen LogP contribution in [0.4, 0.5) is 0 Å². The highest BCUT2D eigenvalue weighted by Gasteiger charge is 2.34. The molecule has 0 saturated carbocycles. The number of hydrogen-bond acceptors (Lipinski definition) is 12. The number of carbonyl (C=O) groups excluding carboxylic acids is 4. The lowest BCUT2D eigenvalue weighted by atomic mass is 9.92. The van der Waals surface area contributed by atoms with Crippen molar-refractivity contribution in [1.82, 2.24) is 21.3 Å². The van der Waals surface area contributed by atoms with Crippen LogP contribution in [-0.4, -0.2) is 110 Å². The molecule has 0 bridgehead atoms. The molecule has 0 radical (unpaired) electrons. The quantitative estimate of drug-likeness (QED) is 0.0674. The number of phenols is 1. The van der Waals surface area contributed by atoms with Crippen LogP contribution in [0.15, 0.2) is 60.7 Å². The summed E-state index contributed by atoms with van der Waals surface area (Å²) in [7, 11) is 5.91. The van der Waals surface area contributed by atoms with Crippen LogP contribution in [0.5, 0.6) is 28.7 Å². The largest absolute Gasteiger partial charge is 1.00 e. The summed E-state index contributed by atoms with van der Waals surface area (Å²) in [6, 6.07) is 10.0. The Kier molecular flexibility index (Phi) is 20.4. The maximum Gasteiger partial charge on any atom is 0.326 e. The molecule has 3 aromatic rings. The van der Waals surface area contributed by atoms with Gasteiger partial charge in [-0.3, -0.25) is 19.2 Å². The van der Waals surface area contributed by atoms with E-state index < -0.39 is 72.3 Å². The summed E-state index contributed by atoms with van der Waals surface area (Å²) < 4.78 is 22.3. The Bertz CT molecular complexity index is 2150. The first-order valence-corrected chi connectivity index (χ1v) is 21.2. The zero-order valence-electron chi connectivity index (χ0n) is 38.1. The Labute approximate surface area is 386 Å². The van der Waals surface area contributed by atoms with Crippen LogP contribution in [0.3, 0.4) is 0 Å². The number of aliphatic hydroxyl groups excluding tert-OH is 1. The van der Waals surface area contributed by atoms with Crippen LogP contribution in [0.1, 0.15) is 75.6 Å². The van der Waals surface area contributed by atoms with Gasteiger partial charge >= 0.3 is 5.97 Å². The fraction of sp³-hybridized carbons (Fsp3) is 0.468. The molecule has 0 fully saturated rings. The topological polar surface area (TPSA) is 257 Å². The lowest BCUT2D eigenvalue weighted by Gasteiger charge is -2.27. The number of aromatic hydroxyl groups is 1. The first-order chi connectivity index (χ1) is 30.4. The Morgan fingerprint density at radius 1 is 0.754 bits per heavy atom. The lowest BCUT2D eigenvalue weighted by molar-refractivity contribution is -0.144. The number of amides is 4. The second-order valence-electron chi connectivity index (χ2n) is 16.6. The van der Waals surface area contributed by atoms with E-state index in [1.807, 2.05) is 58.0 Å². The Morgan fingerprint density at radius 2 is 1.32 bits per heavy atom. The monoisotopic (exact) mass is 924 g/mol. The van der Waals surface area contributed by atoms with Crippen molar-refractivity contribution in [2.24, 2.45) is 17.6 Å². The van der Waals surface area contributed by atoms with Gasteiger partial charge < -0.3 is 73.7 Å². The van der Waals surface area contributed by atoms with Crippen molar-refractivity contribution in [2.75, 3.05) is 28.4 Å². The molecule has 18 heteroatoms. The molecule has 6 unspecified atom stereocenters. The second kappa shape index (κ2) is 24.9. The molecule has 9 N–H and O–H groups in total. The van der Waals surface area contributed by atoms with Gasteiger partial charge in [-0.05, 0) is 84.4 Å². The molecule has 1 aliphatic carbocycles. The van der Waals surface area contributed by atoms with Crippen molar-refractivity contribution in [3.8, 4) is 28.7 Å². The first-order valence-electron chi connectivity index (χ1n) is 21.2. The number of benzene rings is 3. The van der Waals surface area contributed by atoms with Gasteiger partial charge in [-0.1, -0.05) is 70.2 Å². The summed E-state index contributed by atoms with van der Waals surface area (Å²) in [6.45, 7) is 7.30. The number of fused-ring (bicyclic) bond motifs is 1. The summed E-state index contributed by atoms with van der Waals surface area (Å²) in [5.41, 5.74) is 9.58. The van der Waals surface area contributed by atoms with Gasteiger partial charge in [-0.2, -0.15) is 0 Å². The van der Waals surface area contributed by atoms with Crippen LogP contribution in [0, 0.1) is 11.8 Å². The highest BCUT2D eigenvalue weighted by molar-refractivity contribution is 5.95. The van der Waals surface area contributed by atoms with E-state index in [0.29, 0.717) is 46.8 Å². The number of aliphatic carboxylic acids is 1. The zero-order chi connectivity index (χ0) is 47.2. The molecule has 356 valence electrons. The third-order valence-corrected chi connectivity index (χ3v) is 10.8. The van der Waals surface area contributed by atoms with Crippen LogP contribution < -0.4 is 58.4 Å². The van der Waals surface area contributed by atoms with Gasteiger partial charge in [0.25, 0.3) is 5.91 Å². The molecule has 0 aliphatic heterocycles. The third kappa shape index (κ3) is 14.5. The number of carboxylic acids is 1. The van der Waals surface area contributed by atoms with Gasteiger partial charge in [-0.15, -0.1) is 0 Å². The number of ether oxygens (including phenoxy) is 4. The van der Waals surface area contributed by atoms with Gasteiger partial charge in [0.1, 0.15) is 24.2 Å². The SMILES string of the molecule is COc1ccc(C2=CC(NC(=O)CC(NC(=O)C(CC(C)C)NC(=O)C(CC(C)C)NC(=O)C(O)C(N)Cc3ccccc3)C(=O)O)CCc3c2cc(OC)c(OC)c3OC)cc1O.[Cl-]. The number of carboxylic acid groups (broad SMARTS) is 1. The summed E-state index contributed by atoms with van der Waals surface area (Å²) in [5, 5.41) is 42.3. The van der Waals surface area contributed by atoms with Crippen LogP contribution in [-0.2, 0) is 36.8 Å². The van der Waals surface area contributed by atoms with E-state index in [9.17, 15) is 39.3 Å². The number of methoxy groups -OCH3 is 4. The summed E-state index contributed by atoms with van der Waals surface area (Å²) >= 11 is 0. The summed E-state index contributed by atoms with van der Waals surface area (Å²) in [4.78, 5) is 67.1. The molecule has 6 atom stereocenters. The fourth-order valence-corrected chi connectivity index (χ4v) is 7.65. The molecule has 65 heavy (non-hydrogen) atoms. The van der Waals surface area contributed by atoms with Crippen LogP contribution in [0.25, 0.3) is 5.57 Å². The molecule has 3 aromatic carbocycles. The number of nitrogens with two attached hydrogens (primary N) is 1. The highest BCUT2D eigenvalue weighted by atomic mass is 35.5. The molecule has 0 aromatic heterocycles. The van der Waals surface area contributed by atoms with Gasteiger partial charge in [0, 0.05) is 17.6 Å². The van der Waals surface area contributed by atoms with E-state index in [0.717, 1.165) is 11.1 Å². The minimum Gasteiger partial charge on any atom is -1.00 e. The molecule has 0 saturated heterocycles. The smallest absolute Gasteiger partial charge is 0.326 e. The normalized spacial score (nSPS) is 15.6. The van der Waals surface area contributed by atoms with Crippen LogP contribution >= 0.6 is 0 Å². The molecule has 0 spiro atoms. The molecule has 1 aliphatic rings. The van der Waals surface area contributed by atoms with Crippen LogP contribution in [0.2, 0.25) is 0 Å². The molecular formula is C47H63ClN5O12-. The van der Waals surface area contributed by atoms with E-state index in [1.165, 1.54) is 34.5 Å². The fourth-order valence-electron chi connectivity index (χ4n) is 7.65. The van der Waals surface area contributed by atoms with Crippen molar-refractivity contribution in [3.63, 3.8) is 0 Å². The standard InChI is InChI=1S/C47H63N5O12.ClH/c1-25(2)18-34(50-44(56)35(19-26(3)4)51-46(58)41(55)33(48)20-27-12-10-9-11-13-27)45(57)52-36(47(59)60)24-40(54)49-29-15-16-30-32(23-39(62-6)43(64-8)42(30)63-7)31(22-29)28-14-17-38(61-5)37(53)21-28;/h9-14,17,21-23,25-26,29,33-36,41,53,55H,15-16,18-20,24,48H2,1-8H3,(H,49,54)(H,50,56)(H,51,58)(H,52,57)(H,59,60);1H/p-1. The van der Waals surface area contributed by atoms with E-state index in [1.54, 1.807) is 24.3 Å². The second-order valence-corrected chi connectivity index (χ2v) is 16.6. The van der Waals surface area contributed by atoms with E-state index in [4.69, 9.17) is 24.7 Å². The maximum atomic E-state index is 13.8. The average Bonchev–Trinajstić information content (AvgIpc) is 3.43. The van der Waals surface area contributed by atoms with E-state index in [-0.39, 0.29) is 55.0 Å². The molecule has 0 heterocycles. The lowest BCUT2D eigenvalue weighted by Crippen LogP contribution is -3.00. The number of phenolic OH excluding ortho intramolecular Hbond substituents is 1. The number of hydrogen-bond donors (Lipinski definition) is 8. The van der Waals surface area contributed by atoms with E-state index in [2.05, 4.69) is 21.3 Å². The number of nitrogens with one attached hydrogen (secondary N) is 4. The van der Waals surface area contributed by atoms with Gasteiger partial charge in [-0.25, -0.2) is 4.79 Å². The average molecular weight is 925 g/mol. The third-order valence-electron chi connectivity index (χ3n) is 10.8. The van der Waals surface area contributed by atoms with Gasteiger partial charge in [0.2, 0.25) is 23.5 Å². The minimum atomic E-state index is -1.69. The van der Waals surface area contributed by atoms with E-state index >= 15 is 0 Å². The Hall–Kier alpha value is -6.04. The maximum absolute atomic E-state index is 13.8. The number of halogens is 1. The van der Waals surface area contributed by atoms with Crippen molar-refractivity contribution < 1.29 is 70.6 Å². The van der Waals surface area contributed by atoms with Crippen molar-refractivity contribution >= 4 is 35.2 Å². The minimum absolute atomic E-state index is 0. The number of aliphatic hydroxyl groups is 1. The van der Waals surface area contributed by atoms with Gasteiger partial charge in [0.05, 0.1) is 34.9 Å². The molecule has 4 amide bonds. The van der Waals surface area contributed by atoms with Gasteiger partial charge in [0.15, 0.2) is 23.0 Å². The molecule has 4 rings (SSSR count). The predicted molar refractivity (Wildman–Crippen MR) is 239 cm³/mol. The Balaban J connectivity index is 0.0000112. The zero-order valence-corrected chi connectivity index (χ0v) is 38.9. The number of rotatable bonds is 22. The van der Waals surface area contributed by atoms with Crippen molar-refractivity contribution in [3.05, 3.63) is 82.9 Å². The molecular weight excluding hydrogens is 862 g/mol. The first kappa shape index (κ1) is 53.3. The Morgan fingerprint density at radius 3 is 1.85 bits per heavy atom. The summed E-state index contributed by atoms with van der Waals surface area (Å²) in [6.07, 6.45) is 0.672. The molecule has 17 nitrogen and oxygen atoms in total. The summed E-state index contributed by atoms with van der Waals surface area (Å²) in [5.74, 6) is -3.52. The number of carbonyl (C=O) groups is 5. The highest BCUT2D eigenvalue weighted by Crippen LogP contribution is 2.47.